The van der Waals surface area contributed by atoms with Gasteiger partial charge >= 0.3 is 0 Å². The van der Waals surface area contributed by atoms with E-state index in [2.05, 4.69) is 20.6 Å². The number of nitrogens with zero attached hydrogens (tertiary/aromatic N) is 3. The number of rotatable bonds is 7. The van der Waals surface area contributed by atoms with Gasteiger partial charge in [0.1, 0.15) is 6.54 Å². The van der Waals surface area contributed by atoms with Crippen LogP contribution in [0.4, 0.5) is 11.4 Å². The highest BCUT2D eigenvalue weighted by atomic mass is 16.2. The smallest absolute Gasteiger partial charge is 0.246 e. The number of aryl methyl sites for hydroxylation is 1. The average Bonchev–Trinajstić information content (AvgIpc) is 2.97. The first kappa shape index (κ1) is 21.7. The molecule has 1 aromatic carbocycles. The van der Waals surface area contributed by atoms with Crippen molar-refractivity contribution >= 4 is 29.0 Å². The summed E-state index contributed by atoms with van der Waals surface area (Å²) in [4.78, 5) is 38.5. The number of nitrogens with one attached hydrogen (secondary N) is 2. The minimum atomic E-state index is -0.238. The number of aromatic nitrogens is 2. The predicted octanol–water partition coefficient (Wildman–Crippen LogP) is 2.77. The van der Waals surface area contributed by atoms with Crippen molar-refractivity contribution in [3.63, 3.8) is 0 Å². The Balaban J connectivity index is 1.52. The van der Waals surface area contributed by atoms with Gasteiger partial charge in [-0.15, -0.1) is 0 Å². The fourth-order valence-corrected chi connectivity index (χ4v) is 3.85. The van der Waals surface area contributed by atoms with Gasteiger partial charge in [-0.3, -0.25) is 24.0 Å². The van der Waals surface area contributed by atoms with Crippen LogP contribution >= 0.6 is 0 Å². The van der Waals surface area contributed by atoms with E-state index in [9.17, 15) is 14.4 Å². The van der Waals surface area contributed by atoms with Gasteiger partial charge in [0.15, 0.2) is 5.78 Å². The summed E-state index contributed by atoms with van der Waals surface area (Å²) in [5.74, 6) is -0.327. The summed E-state index contributed by atoms with van der Waals surface area (Å²) in [7, 11) is 0. The Morgan fingerprint density at radius 1 is 0.900 bits per heavy atom. The van der Waals surface area contributed by atoms with Crippen molar-refractivity contribution in [2.45, 2.75) is 46.6 Å². The molecule has 1 saturated heterocycles. The van der Waals surface area contributed by atoms with Crippen molar-refractivity contribution in [1.82, 2.24) is 14.7 Å². The molecule has 1 fully saturated rings. The Kier molecular flexibility index (Phi) is 6.99. The molecule has 2 aromatic rings. The summed E-state index contributed by atoms with van der Waals surface area (Å²) in [5.41, 5.74) is 3.19. The van der Waals surface area contributed by atoms with E-state index in [1.54, 1.807) is 38.1 Å². The Morgan fingerprint density at radius 2 is 1.43 bits per heavy atom. The zero-order chi connectivity index (χ0) is 21.7. The topological polar surface area (TPSA) is 96.3 Å². The van der Waals surface area contributed by atoms with Gasteiger partial charge in [-0.2, -0.15) is 5.10 Å². The number of Topliss-reactive ketones (excluding diaryl/α,β-unsaturated/α-hetero) is 1. The maximum Gasteiger partial charge on any atom is 0.246 e. The van der Waals surface area contributed by atoms with Gasteiger partial charge in [0, 0.05) is 17.1 Å². The molecule has 1 aliphatic heterocycles. The Morgan fingerprint density at radius 3 is 1.93 bits per heavy atom. The lowest BCUT2D eigenvalue weighted by molar-refractivity contribution is -0.118. The van der Waals surface area contributed by atoms with Crippen molar-refractivity contribution in [2.24, 2.45) is 0 Å². The van der Waals surface area contributed by atoms with Gasteiger partial charge in [-0.05, 0) is 71.0 Å². The van der Waals surface area contributed by atoms with Crippen LogP contribution in [-0.4, -0.2) is 51.9 Å². The number of piperidine rings is 1. The molecule has 2 heterocycles. The second-order valence-corrected chi connectivity index (χ2v) is 7.77. The molecule has 2 N–H and O–H groups in total. The standard InChI is InChI=1S/C22H29N5O3/c1-15-22(17(3)28)16(2)27(25-15)14-21(30)24-19-9-7-18(8-10-19)23-20(29)13-26-11-5-4-6-12-26/h7-10H,4-6,11-14H2,1-3H3,(H,23,29)(H,24,30). The molecule has 3 rings (SSSR count). The zero-order valence-corrected chi connectivity index (χ0v) is 17.8. The molecule has 2 amide bonds. The van der Waals surface area contributed by atoms with Gasteiger partial charge in [-0.1, -0.05) is 6.42 Å². The molecule has 1 aromatic heterocycles. The van der Waals surface area contributed by atoms with Crippen LogP contribution in [0, 0.1) is 13.8 Å². The second kappa shape index (κ2) is 9.67. The SMILES string of the molecule is CC(=O)c1c(C)nn(CC(=O)Nc2ccc(NC(=O)CN3CCCCC3)cc2)c1C. The van der Waals surface area contributed by atoms with E-state index in [0.717, 1.165) is 25.9 Å². The number of benzene rings is 1. The van der Waals surface area contributed by atoms with Gasteiger partial charge in [0.05, 0.1) is 17.8 Å². The lowest BCUT2D eigenvalue weighted by Gasteiger charge is -2.25. The fraction of sp³-hybridized carbons (Fsp3) is 0.455. The van der Waals surface area contributed by atoms with Crippen LogP contribution in [0.25, 0.3) is 0 Å². The minimum Gasteiger partial charge on any atom is -0.325 e. The molecular weight excluding hydrogens is 382 g/mol. The summed E-state index contributed by atoms with van der Waals surface area (Å²) < 4.78 is 1.54. The summed E-state index contributed by atoms with van der Waals surface area (Å²) >= 11 is 0. The molecule has 0 atom stereocenters. The normalized spacial score (nSPS) is 14.4. The predicted molar refractivity (Wildman–Crippen MR) is 116 cm³/mol. The first-order valence-corrected chi connectivity index (χ1v) is 10.3. The Hall–Kier alpha value is -3.00. The third kappa shape index (κ3) is 5.54. The van der Waals surface area contributed by atoms with Gasteiger partial charge in [-0.25, -0.2) is 0 Å². The van der Waals surface area contributed by atoms with Crippen molar-refractivity contribution in [3.8, 4) is 0 Å². The molecular formula is C22H29N5O3. The van der Waals surface area contributed by atoms with Gasteiger partial charge in [0.25, 0.3) is 0 Å². The minimum absolute atomic E-state index is 0.0221. The molecule has 0 saturated carbocycles. The first-order chi connectivity index (χ1) is 14.3. The van der Waals surface area contributed by atoms with Crippen molar-refractivity contribution in [3.05, 3.63) is 41.2 Å². The van der Waals surface area contributed by atoms with E-state index >= 15 is 0 Å². The quantitative estimate of drug-likeness (QED) is 0.683. The third-order valence-electron chi connectivity index (χ3n) is 5.30. The van der Waals surface area contributed by atoms with Gasteiger partial charge < -0.3 is 10.6 Å². The number of hydrogen-bond acceptors (Lipinski definition) is 5. The number of hydrogen-bond donors (Lipinski definition) is 2. The first-order valence-electron chi connectivity index (χ1n) is 10.3. The van der Waals surface area contributed by atoms with E-state index in [1.165, 1.54) is 18.0 Å². The average molecular weight is 412 g/mol. The second-order valence-electron chi connectivity index (χ2n) is 7.77. The van der Waals surface area contributed by atoms with Crippen LogP contribution in [0.3, 0.4) is 0 Å². The zero-order valence-electron chi connectivity index (χ0n) is 17.8. The molecule has 0 spiro atoms. The van der Waals surface area contributed by atoms with Crippen LogP contribution in [0.2, 0.25) is 0 Å². The highest BCUT2D eigenvalue weighted by Gasteiger charge is 2.17. The summed E-state index contributed by atoms with van der Waals surface area (Å²) in [6.45, 7) is 7.41. The summed E-state index contributed by atoms with van der Waals surface area (Å²) in [5, 5.41) is 10.0. The molecule has 0 aliphatic carbocycles. The highest BCUT2D eigenvalue weighted by molar-refractivity contribution is 5.97. The maximum atomic E-state index is 12.4. The molecule has 30 heavy (non-hydrogen) atoms. The number of carbonyl (C=O) groups excluding carboxylic acids is 3. The number of likely N-dealkylation sites (tertiary alicyclic amines) is 1. The highest BCUT2D eigenvalue weighted by Crippen LogP contribution is 2.16. The number of ketones is 1. The van der Waals surface area contributed by atoms with Crippen molar-refractivity contribution in [2.75, 3.05) is 30.3 Å². The van der Waals surface area contributed by atoms with E-state index in [0.29, 0.717) is 34.9 Å². The third-order valence-corrected chi connectivity index (χ3v) is 5.30. The monoisotopic (exact) mass is 411 g/mol. The lowest BCUT2D eigenvalue weighted by atomic mass is 10.1. The molecule has 160 valence electrons. The van der Waals surface area contributed by atoms with Crippen LogP contribution in [0.1, 0.15) is 47.9 Å². The number of amides is 2. The van der Waals surface area contributed by atoms with Crippen LogP contribution in [0.15, 0.2) is 24.3 Å². The van der Waals surface area contributed by atoms with E-state index in [-0.39, 0.29) is 24.1 Å². The van der Waals surface area contributed by atoms with Crippen LogP contribution < -0.4 is 10.6 Å². The summed E-state index contributed by atoms with van der Waals surface area (Å²) in [6.07, 6.45) is 3.54. The molecule has 1 aliphatic rings. The van der Waals surface area contributed by atoms with Crippen LogP contribution in [0.5, 0.6) is 0 Å². The van der Waals surface area contributed by atoms with Gasteiger partial charge in [0.2, 0.25) is 11.8 Å². The Bertz CT molecular complexity index is 927. The Labute approximate surface area is 176 Å². The number of anilines is 2. The molecule has 0 bridgehead atoms. The van der Waals surface area contributed by atoms with E-state index in [4.69, 9.17) is 0 Å². The molecule has 8 heteroatoms. The number of carbonyl (C=O) groups is 3. The fourth-order valence-electron chi connectivity index (χ4n) is 3.85. The van der Waals surface area contributed by atoms with E-state index in [1.807, 2.05) is 0 Å². The van der Waals surface area contributed by atoms with Crippen LogP contribution in [-0.2, 0) is 16.1 Å². The molecule has 8 nitrogen and oxygen atoms in total. The van der Waals surface area contributed by atoms with Crippen molar-refractivity contribution in [1.29, 1.82) is 0 Å². The largest absolute Gasteiger partial charge is 0.325 e. The van der Waals surface area contributed by atoms with Crippen molar-refractivity contribution < 1.29 is 14.4 Å². The maximum absolute atomic E-state index is 12.4. The van der Waals surface area contributed by atoms with E-state index < -0.39 is 0 Å². The molecule has 0 unspecified atom stereocenters. The lowest BCUT2D eigenvalue weighted by Crippen LogP contribution is -2.36. The molecule has 0 radical (unpaired) electrons. The summed E-state index contributed by atoms with van der Waals surface area (Å²) in [6, 6.07) is 7.02.